The Morgan fingerprint density at radius 2 is 2.04 bits per heavy atom. The lowest BCUT2D eigenvalue weighted by Gasteiger charge is -2.10. The van der Waals surface area contributed by atoms with E-state index in [1.54, 1.807) is 0 Å². The standard InChI is InChI=1S/C16H24N4O3S/c1-2-12-3-5-13(6-4-12)20-16(17)18-9-7-15(21)19-14-8-10-24(22,23)11-14/h3-6,14H,2,7-11H2,1H3,(H,19,21)(H3,17,18,20). The van der Waals surface area contributed by atoms with Gasteiger partial charge in [-0.15, -0.1) is 0 Å². The Bertz CT molecular complexity index is 699. The van der Waals surface area contributed by atoms with E-state index in [1.165, 1.54) is 5.56 Å². The summed E-state index contributed by atoms with van der Waals surface area (Å²) in [5.41, 5.74) is 7.87. The summed E-state index contributed by atoms with van der Waals surface area (Å²) in [5, 5.41) is 5.69. The number of benzene rings is 1. The van der Waals surface area contributed by atoms with Crippen LogP contribution in [-0.4, -0.2) is 44.4 Å². The number of aliphatic imine (C=N–C) groups is 1. The Morgan fingerprint density at radius 3 is 2.62 bits per heavy atom. The molecule has 1 unspecified atom stereocenters. The van der Waals surface area contributed by atoms with Crippen molar-refractivity contribution in [2.24, 2.45) is 10.7 Å². The van der Waals surface area contributed by atoms with E-state index in [9.17, 15) is 13.2 Å². The van der Waals surface area contributed by atoms with Crippen LogP contribution in [0.3, 0.4) is 0 Å². The van der Waals surface area contributed by atoms with Gasteiger partial charge in [-0.25, -0.2) is 8.42 Å². The molecule has 1 aromatic rings. The number of carbonyl (C=O) groups is 1. The minimum atomic E-state index is -2.99. The van der Waals surface area contributed by atoms with Crippen LogP contribution in [0.2, 0.25) is 0 Å². The highest BCUT2D eigenvalue weighted by Crippen LogP contribution is 2.11. The third kappa shape index (κ3) is 5.84. The largest absolute Gasteiger partial charge is 0.370 e. The number of nitrogens with one attached hydrogen (secondary N) is 2. The molecule has 132 valence electrons. The molecule has 1 amide bonds. The Hall–Kier alpha value is -2.09. The minimum Gasteiger partial charge on any atom is -0.370 e. The normalized spacial score (nSPS) is 19.9. The first-order valence-corrected chi connectivity index (χ1v) is 9.86. The molecule has 1 saturated heterocycles. The average Bonchev–Trinajstić information content (AvgIpc) is 2.86. The molecule has 0 aliphatic carbocycles. The van der Waals surface area contributed by atoms with E-state index in [-0.39, 0.29) is 42.4 Å². The van der Waals surface area contributed by atoms with E-state index in [2.05, 4.69) is 22.5 Å². The summed E-state index contributed by atoms with van der Waals surface area (Å²) < 4.78 is 22.7. The van der Waals surface area contributed by atoms with Crippen LogP contribution in [0.25, 0.3) is 0 Å². The molecule has 24 heavy (non-hydrogen) atoms. The lowest BCUT2D eigenvalue weighted by atomic mass is 10.1. The Balaban J connectivity index is 1.73. The molecule has 8 heteroatoms. The predicted molar refractivity (Wildman–Crippen MR) is 95.8 cm³/mol. The highest BCUT2D eigenvalue weighted by atomic mass is 32.2. The van der Waals surface area contributed by atoms with Crippen molar-refractivity contribution in [3.63, 3.8) is 0 Å². The topological polar surface area (TPSA) is 114 Å². The van der Waals surface area contributed by atoms with Crippen molar-refractivity contribution in [1.82, 2.24) is 5.32 Å². The number of nitrogens with two attached hydrogens (primary N) is 1. The molecule has 1 aliphatic rings. The molecule has 0 saturated carbocycles. The van der Waals surface area contributed by atoms with Crippen LogP contribution < -0.4 is 16.4 Å². The molecule has 0 aromatic heterocycles. The Labute approximate surface area is 142 Å². The van der Waals surface area contributed by atoms with Crippen molar-refractivity contribution in [3.05, 3.63) is 29.8 Å². The summed E-state index contributed by atoms with van der Waals surface area (Å²) in [4.78, 5) is 15.9. The molecular formula is C16H24N4O3S. The highest BCUT2D eigenvalue weighted by Gasteiger charge is 2.28. The third-order valence-corrected chi connectivity index (χ3v) is 5.62. The van der Waals surface area contributed by atoms with Crippen LogP contribution in [0.1, 0.15) is 25.3 Å². The van der Waals surface area contributed by atoms with Crippen LogP contribution in [0, 0.1) is 0 Å². The van der Waals surface area contributed by atoms with Crippen molar-refractivity contribution in [3.8, 4) is 0 Å². The number of hydrogen-bond donors (Lipinski definition) is 3. The van der Waals surface area contributed by atoms with Gasteiger partial charge in [0.05, 0.1) is 18.1 Å². The van der Waals surface area contributed by atoms with E-state index in [4.69, 9.17) is 5.73 Å². The van der Waals surface area contributed by atoms with Gasteiger partial charge in [-0.2, -0.15) is 0 Å². The average molecular weight is 352 g/mol. The van der Waals surface area contributed by atoms with Gasteiger partial charge in [0.15, 0.2) is 15.8 Å². The van der Waals surface area contributed by atoms with Crippen molar-refractivity contribution >= 4 is 27.4 Å². The van der Waals surface area contributed by atoms with Gasteiger partial charge in [0.25, 0.3) is 0 Å². The smallest absolute Gasteiger partial charge is 0.222 e. The molecule has 7 nitrogen and oxygen atoms in total. The van der Waals surface area contributed by atoms with Gasteiger partial charge in [0.2, 0.25) is 5.91 Å². The fraction of sp³-hybridized carbons (Fsp3) is 0.500. The van der Waals surface area contributed by atoms with E-state index in [1.807, 2.05) is 24.3 Å². The summed E-state index contributed by atoms with van der Waals surface area (Å²) in [6.07, 6.45) is 1.63. The summed E-state index contributed by atoms with van der Waals surface area (Å²) in [5.74, 6) is 0.208. The molecule has 1 aliphatic heterocycles. The second kappa shape index (κ2) is 8.14. The van der Waals surface area contributed by atoms with Gasteiger partial charge in [0, 0.05) is 18.2 Å². The second-order valence-corrected chi connectivity index (χ2v) is 8.09. The van der Waals surface area contributed by atoms with Crippen LogP contribution in [0.4, 0.5) is 5.69 Å². The SMILES string of the molecule is CCc1ccc(NC(N)=NCCC(=O)NC2CCS(=O)(=O)C2)cc1. The van der Waals surface area contributed by atoms with Crippen molar-refractivity contribution < 1.29 is 13.2 Å². The number of nitrogens with zero attached hydrogens (tertiary/aromatic N) is 1. The molecule has 4 N–H and O–H groups in total. The summed E-state index contributed by atoms with van der Waals surface area (Å²) in [6, 6.07) is 7.60. The zero-order valence-corrected chi connectivity index (χ0v) is 14.6. The number of guanidine groups is 1. The third-order valence-electron chi connectivity index (χ3n) is 3.85. The molecule has 1 aromatic carbocycles. The zero-order valence-electron chi connectivity index (χ0n) is 13.8. The molecule has 2 rings (SSSR count). The van der Waals surface area contributed by atoms with Crippen LogP contribution in [0.5, 0.6) is 0 Å². The number of anilines is 1. The van der Waals surface area contributed by atoms with Crippen LogP contribution in [-0.2, 0) is 21.1 Å². The number of sulfone groups is 1. The van der Waals surface area contributed by atoms with E-state index in [0.29, 0.717) is 6.42 Å². The fourth-order valence-electron chi connectivity index (χ4n) is 2.50. The van der Waals surface area contributed by atoms with Gasteiger partial charge in [-0.3, -0.25) is 9.79 Å². The maximum atomic E-state index is 11.8. The maximum Gasteiger partial charge on any atom is 0.222 e. The lowest BCUT2D eigenvalue weighted by molar-refractivity contribution is -0.121. The number of amides is 1. The molecular weight excluding hydrogens is 328 g/mol. The van der Waals surface area contributed by atoms with E-state index >= 15 is 0 Å². The minimum absolute atomic E-state index is 0.0272. The number of hydrogen-bond acceptors (Lipinski definition) is 4. The first-order chi connectivity index (χ1) is 11.4. The highest BCUT2D eigenvalue weighted by molar-refractivity contribution is 7.91. The quantitative estimate of drug-likeness (QED) is 0.514. The van der Waals surface area contributed by atoms with Gasteiger partial charge >= 0.3 is 0 Å². The number of aryl methyl sites for hydroxylation is 1. The van der Waals surface area contributed by atoms with Crippen molar-refractivity contribution in [2.75, 3.05) is 23.4 Å². The van der Waals surface area contributed by atoms with Gasteiger partial charge in [-0.1, -0.05) is 19.1 Å². The number of rotatable bonds is 6. The van der Waals surface area contributed by atoms with Gasteiger partial charge in [0.1, 0.15) is 0 Å². The van der Waals surface area contributed by atoms with Gasteiger partial charge in [-0.05, 0) is 30.5 Å². The Morgan fingerprint density at radius 1 is 1.33 bits per heavy atom. The lowest BCUT2D eigenvalue weighted by Crippen LogP contribution is -2.36. The zero-order chi connectivity index (χ0) is 17.6. The molecule has 1 heterocycles. The molecule has 0 bridgehead atoms. The van der Waals surface area contributed by atoms with Crippen LogP contribution in [0.15, 0.2) is 29.3 Å². The molecule has 1 fully saturated rings. The van der Waals surface area contributed by atoms with E-state index in [0.717, 1.165) is 12.1 Å². The van der Waals surface area contributed by atoms with Crippen LogP contribution >= 0.6 is 0 Å². The molecule has 1 atom stereocenters. The first kappa shape index (κ1) is 18.3. The summed E-state index contributed by atoms with van der Waals surface area (Å²) in [7, 11) is -2.99. The first-order valence-electron chi connectivity index (χ1n) is 8.03. The summed E-state index contributed by atoms with van der Waals surface area (Å²) >= 11 is 0. The number of carbonyl (C=O) groups excluding carboxylic acids is 1. The summed E-state index contributed by atoms with van der Waals surface area (Å²) in [6.45, 7) is 2.33. The molecule has 0 radical (unpaired) electrons. The fourth-order valence-corrected chi connectivity index (χ4v) is 4.17. The maximum absolute atomic E-state index is 11.8. The van der Waals surface area contributed by atoms with Crippen molar-refractivity contribution in [1.29, 1.82) is 0 Å². The monoisotopic (exact) mass is 352 g/mol. The molecule has 0 spiro atoms. The predicted octanol–water partition coefficient (Wildman–Crippen LogP) is 0.669. The van der Waals surface area contributed by atoms with Gasteiger partial charge < -0.3 is 16.4 Å². The van der Waals surface area contributed by atoms with Crippen molar-refractivity contribution in [2.45, 2.75) is 32.2 Å². The second-order valence-electron chi connectivity index (χ2n) is 5.86. The Kier molecular flexibility index (Phi) is 6.19. The van der Waals surface area contributed by atoms with E-state index < -0.39 is 9.84 Å².